The SMILES string of the molecule is CCNCc1sccc1S(=O)(=O)Nc1nnc(C)s1. The van der Waals surface area contributed by atoms with Crippen molar-refractivity contribution in [1.82, 2.24) is 15.5 Å². The Kier molecular flexibility index (Phi) is 4.50. The van der Waals surface area contributed by atoms with Crippen molar-refractivity contribution in [3.8, 4) is 0 Å². The molecule has 6 nitrogen and oxygen atoms in total. The maximum absolute atomic E-state index is 12.3. The molecular formula is C10H14N4O2S3. The summed E-state index contributed by atoms with van der Waals surface area (Å²) in [6, 6.07) is 1.60. The van der Waals surface area contributed by atoms with Crippen LogP contribution in [0, 0.1) is 6.92 Å². The Hall–Kier alpha value is -1.03. The number of thiophene rings is 1. The number of sulfonamides is 1. The largest absolute Gasteiger partial charge is 0.312 e. The first-order chi connectivity index (χ1) is 9.03. The number of anilines is 1. The van der Waals surface area contributed by atoms with E-state index in [-0.39, 0.29) is 5.13 Å². The molecule has 2 aromatic rings. The normalized spacial score (nSPS) is 11.7. The van der Waals surface area contributed by atoms with Crippen LogP contribution in [0.3, 0.4) is 0 Å². The Morgan fingerprint density at radius 2 is 2.16 bits per heavy atom. The fourth-order valence-electron chi connectivity index (χ4n) is 1.44. The van der Waals surface area contributed by atoms with Gasteiger partial charge in [0.05, 0.1) is 0 Å². The monoisotopic (exact) mass is 318 g/mol. The van der Waals surface area contributed by atoms with Crippen molar-refractivity contribution in [1.29, 1.82) is 0 Å². The van der Waals surface area contributed by atoms with Crippen molar-refractivity contribution >= 4 is 37.8 Å². The molecule has 0 aliphatic heterocycles. The van der Waals surface area contributed by atoms with Gasteiger partial charge >= 0.3 is 0 Å². The number of nitrogens with one attached hydrogen (secondary N) is 2. The highest BCUT2D eigenvalue weighted by molar-refractivity contribution is 7.93. The lowest BCUT2D eigenvalue weighted by atomic mass is 10.4. The number of hydrogen-bond acceptors (Lipinski definition) is 7. The van der Waals surface area contributed by atoms with Crippen LogP contribution in [0.4, 0.5) is 5.13 Å². The Balaban J connectivity index is 2.22. The zero-order valence-electron chi connectivity index (χ0n) is 10.5. The summed E-state index contributed by atoms with van der Waals surface area (Å²) in [5.74, 6) is 0. The van der Waals surface area contributed by atoms with Gasteiger partial charge in [-0.15, -0.1) is 21.5 Å². The van der Waals surface area contributed by atoms with Crippen LogP contribution in [0.5, 0.6) is 0 Å². The second-order valence-electron chi connectivity index (χ2n) is 3.72. The van der Waals surface area contributed by atoms with Gasteiger partial charge in [0, 0.05) is 11.4 Å². The first kappa shape index (κ1) is 14.4. The molecule has 0 bridgehead atoms. The zero-order valence-corrected chi connectivity index (χ0v) is 13.0. The first-order valence-electron chi connectivity index (χ1n) is 5.63. The fourth-order valence-corrected chi connectivity index (χ4v) is 4.68. The molecule has 0 aliphatic carbocycles. The van der Waals surface area contributed by atoms with Gasteiger partial charge in [0.15, 0.2) is 0 Å². The summed E-state index contributed by atoms with van der Waals surface area (Å²) >= 11 is 2.63. The van der Waals surface area contributed by atoms with Gasteiger partial charge in [-0.2, -0.15) is 0 Å². The molecule has 0 saturated heterocycles. The Bertz CT molecular complexity index is 647. The predicted molar refractivity (Wildman–Crippen MR) is 77.2 cm³/mol. The van der Waals surface area contributed by atoms with Gasteiger partial charge in [-0.25, -0.2) is 8.42 Å². The third-order valence-electron chi connectivity index (χ3n) is 2.28. The number of aromatic nitrogens is 2. The molecule has 9 heteroatoms. The molecule has 0 radical (unpaired) electrons. The van der Waals surface area contributed by atoms with Crippen molar-refractivity contribution < 1.29 is 8.42 Å². The summed E-state index contributed by atoms with van der Waals surface area (Å²) in [6.45, 7) is 5.08. The van der Waals surface area contributed by atoms with Crippen LogP contribution in [0.15, 0.2) is 16.3 Å². The number of rotatable bonds is 6. The standard InChI is InChI=1S/C10H14N4O2S3/c1-3-11-6-8-9(4-5-17-8)19(15,16)14-10-13-12-7(2)18-10/h4-5,11H,3,6H2,1-2H3,(H,13,14). The lowest BCUT2D eigenvalue weighted by Gasteiger charge is -2.06. The van der Waals surface area contributed by atoms with E-state index in [2.05, 4.69) is 20.2 Å². The average Bonchev–Trinajstić information content (AvgIpc) is 2.95. The van der Waals surface area contributed by atoms with E-state index in [4.69, 9.17) is 0 Å². The molecule has 0 aromatic carbocycles. The van der Waals surface area contributed by atoms with E-state index in [1.807, 2.05) is 6.92 Å². The van der Waals surface area contributed by atoms with E-state index in [9.17, 15) is 8.42 Å². The van der Waals surface area contributed by atoms with Crippen LogP contribution in [0.25, 0.3) is 0 Å². The third-order valence-corrected chi connectivity index (χ3v) is 5.63. The van der Waals surface area contributed by atoms with Crippen molar-refractivity contribution in [3.63, 3.8) is 0 Å². The minimum absolute atomic E-state index is 0.290. The van der Waals surface area contributed by atoms with Crippen molar-refractivity contribution in [2.24, 2.45) is 0 Å². The summed E-state index contributed by atoms with van der Waals surface area (Å²) in [4.78, 5) is 1.09. The van der Waals surface area contributed by atoms with Crippen molar-refractivity contribution in [2.45, 2.75) is 25.3 Å². The molecule has 0 saturated carbocycles. The van der Waals surface area contributed by atoms with Crippen LogP contribution in [-0.4, -0.2) is 25.2 Å². The predicted octanol–water partition coefficient (Wildman–Crippen LogP) is 1.82. The van der Waals surface area contributed by atoms with E-state index in [0.29, 0.717) is 11.4 Å². The second-order valence-corrected chi connectivity index (χ2v) is 7.55. The van der Waals surface area contributed by atoms with Crippen LogP contribution in [-0.2, 0) is 16.6 Å². The summed E-state index contributed by atoms with van der Waals surface area (Å²) < 4.78 is 27.0. The lowest BCUT2D eigenvalue weighted by molar-refractivity contribution is 0.599. The Morgan fingerprint density at radius 3 is 2.79 bits per heavy atom. The number of nitrogens with zero attached hydrogens (tertiary/aromatic N) is 2. The quantitative estimate of drug-likeness (QED) is 0.849. The minimum Gasteiger partial charge on any atom is -0.312 e. The molecule has 2 aromatic heterocycles. The van der Waals surface area contributed by atoms with Crippen LogP contribution < -0.4 is 10.0 Å². The third kappa shape index (κ3) is 3.50. The van der Waals surface area contributed by atoms with Crippen molar-refractivity contribution in [2.75, 3.05) is 11.3 Å². The van der Waals surface area contributed by atoms with Gasteiger partial charge in [-0.3, -0.25) is 4.72 Å². The lowest BCUT2D eigenvalue weighted by Crippen LogP contribution is -2.17. The zero-order chi connectivity index (χ0) is 13.9. The highest BCUT2D eigenvalue weighted by Crippen LogP contribution is 2.25. The summed E-state index contributed by atoms with van der Waals surface area (Å²) in [5.41, 5.74) is 0. The molecule has 0 atom stereocenters. The molecular weight excluding hydrogens is 304 g/mol. The molecule has 0 fully saturated rings. The van der Waals surface area contributed by atoms with Gasteiger partial charge in [0.2, 0.25) is 5.13 Å². The van der Waals surface area contributed by atoms with E-state index in [1.54, 1.807) is 18.4 Å². The maximum atomic E-state index is 12.3. The highest BCUT2D eigenvalue weighted by Gasteiger charge is 2.21. The molecule has 2 heterocycles. The molecule has 2 N–H and O–H groups in total. The second kappa shape index (κ2) is 5.95. The number of hydrogen-bond donors (Lipinski definition) is 2. The number of aryl methyl sites for hydroxylation is 1. The molecule has 19 heavy (non-hydrogen) atoms. The van der Waals surface area contributed by atoms with E-state index >= 15 is 0 Å². The van der Waals surface area contributed by atoms with Gasteiger partial charge in [0.1, 0.15) is 9.90 Å². The highest BCUT2D eigenvalue weighted by atomic mass is 32.2. The van der Waals surface area contributed by atoms with E-state index in [0.717, 1.165) is 16.4 Å². The fraction of sp³-hybridized carbons (Fsp3) is 0.400. The van der Waals surface area contributed by atoms with Crippen LogP contribution >= 0.6 is 22.7 Å². The van der Waals surface area contributed by atoms with E-state index in [1.165, 1.54) is 22.7 Å². The Labute approximate surface area is 119 Å². The van der Waals surface area contributed by atoms with Gasteiger partial charge in [-0.1, -0.05) is 18.3 Å². The Morgan fingerprint density at radius 1 is 1.37 bits per heavy atom. The van der Waals surface area contributed by atoms with Crippen molar-refractivity contribution in [3.05, 3.63) is 21.3 Å². The molecule has 0 spiro atoms. The van der Waals surface area contributed by atoms with Gasteiger partial charge in [-0.05, 0) is 24.9 Å². The van der Waals surface area contributed by atoms with E-state index < -0.39 is 10.0 Å². The summed E-state index contributed by atoms with van der Waals surface area (Å²) in [6.07, 6.45) is 0. The topological polar surface area (TPSA) is 84.0 Å². The maximum Gasteiger partial charge on any atom is 0.264 e. The summed E-state index contributed by atoms with van der Waals surface area (Å²) in [7, 11) is -3.59. The molecule has 0 amide bonds. The minimum atomic E-state index is -3.59. The summed E-state index contributed by atoms with van der Waals surface area (Å²) in [5, 5.41) is 13.5. The van der Waals surface area contributed by atoms with Crippen LogP contribution in [0.2, 0.25) is 0 Å². The van der Waals surface area contributed by atoms with Crippen LogP contribution in [0.1, 0.15) is 16.8 Å². The first-order valence-corrected chi connectivity index (χ1v) is 8.81. The van der Waals surface area contributed by atoms with Gasteiger partial charge < -0.3 is 5.32 Å². The molecule has 0 aliphatic rings. The smallest absolute Gasteiger partial charge is 0.264 e. The van der Waals surface area contributed by atoms with Gasteiger partial charge in [0.25, 0.3) is 10.0 Å². The molecule has 2 rings (SSSR count). The average molecular weight is 318 g/mol. The molecule has 0 unspecified atom stereocenters. The molecule has 104 valence electrons.